The summed E-state index contributed by atoms with van der Waals surface area (Å²) in [6.45, 7) is 1.48. The Morgan fingerprint density at radius 1 is 1.14 bits per heavy atom. The van der Waals surface area contributed by atoms with E-state index in [1.165, 1.54) is 11.8 Å². The Balaban J connectivity index is 1.98. The second kappa shape index (κ2) is 4.79. The molecule has 1 unspecified atom stereocenters. The van der Waals surface area contributed by atoms with Crippen LogP contribution in [0.25, 0.3) is 0 Å². The number of benzene rings is 1. The van der Waals surface area contributed by atoms with E-state index < -0.39 is 29.1 Å². The maximum atomic E-state index is 13.4. The van der Waals surface area contributed by atoms with Crippen LogP contribution in [0.2, 0.25) is 0 Å². The number of urea groups is 1. The van der Waals surface area contributed by atoms with Crippen molar-refractivity contribution in [3.05, 3.63) is 35.4 Å². The number of hydrogen-bond acceptors (Lipinski definition) is 2. The molecular weight excluding hydrogens is 278 g/mol. The summed E-state index contributed by atoms with van der Waals surface area (Å²) in [7, 11) is 0. The van der Waals surface area contributed by atoms with Gasteiger partial charge in [-0.05, 0) is 37.5 Å². The van der Waals surface area contributed by atoms with Crippen molar-refractivity contribution in [3.8, 4) is 0 Å². The number of nitrogens with zero attached hydrogens (tertiary/aromatic N) is 1. The lowest BCUT2D eigenvalue weighted by atomic mass is 9.91. The van der Waals surface area contributed by atoms with Gasteiger partial charge in [-0.25, -0.2) is 13.6 Å². The monoisotopic (exact) mass is 294 g/mol. The molecule has 1 N–H and O–H groups in total. The molecule has 1 heterocycles. The zero-order valence-electron chi connectivity index (χ0n) is 11.7. The van der Waals surface area contributed by atoms with Crippen LogP contribution in [0, 0.1) is 11.6 Å². The van der Waals surface area contributed by atoms with Crippen molar-refractivity contribution in [2.75, 3.05) is 0 Å². The molecule has 4 nitrogen and oxygen atoms in total. The quantitative estimate of drug-likeness (QED) is 0.853. The van der Waals surface area contributed by atoms with Gasteiger partial charge >= 0.3 is 6.03 Å². The first-order valence-corrected chi connectivity index (χ1v) is 7.04. The first kappa shape index (κ1) is 14.0. The van der Waals surface area contributed by atoms with Crippen LogP contribution in [-0.4, -0.2) is 22.9 Å². The minimum absolute atomic E-state index is 0.113. The van der Waals surface area contributed by atoms with Crippen LogP contribution < -0.4 is 5.32 Å². The topological polar surface area (TPSA) is 49.4 Å². The lowest BCUT2D eigenvalue weighted by Gasteiger charge is -2.24. The van der Waals surface area contributed by atoms with Gasteiger partial charge in [0.2, 0.25) is 0 Å². The van der Waals surface area contributed by atoms with E-state index in [2.05, 4.69) is 5.32 Å². The Morgan fingerprint density at radius 2 is 1.71 bits per heavy atom. The standard InChI is InChI=1S/C15H16F2N2O2/c1-15(9-6-10(16)8-11(17)7-9)13(20)19(14(21)18-15)12-4-2-3-5-12/h6-8,12H,2-5H2,1H3,(H,18,21). The summed E-state index contributed by atoms with van der Waals surface area (Å²) >= 11 is 0. The van der Waals surface area contributed by atoms with Crippen LogP contribution in [0.3, 0.4) is 0 Å². The van der Waals surface area contributed by atoms with Crippen molar-refractivity contribution in [1.82, 2.24) is 10.2 Å². The van der Waals surface area contributed by atoms with Crippen molar-refractivity contribution < 1.29 is 18.4 Å². The van der Waals surface area contributed by atoms with Gasteiger partial charge in [-0.1, -0.05) is 12.8 Å². The lowest BCUT2D eigenvalue weighted by molar-refractivity contribution is -0.132. The van der Waals surface area contributed by atoms with Gasteiger partial charge in [0.15, 0.2) is 0 Å². The van der Waals surface area contributed by atoms with Crippen LogP contribution in [0.5, 0.6) is 0 Å². The predicted molar refractivity (Wildman–Crippen MR) is 71.3 cm³/mol. The molecule has 1 atom stereocenters. The smallest absolute Gasteiger partial charge is 0.319 e. The molecule has 3 rings (SSSR count). The average molecular weight is 294 g/mol. The van der Waals surface area contributed by atoms with Gasteiger partial charge in [-0.15, -0.1) is 0 Å². The summed E-state index contributed by atoms with van der Waals surface area (Å²) in [5.41, 5.74) is -1.29. The van der Waals surface area contributed by atoms with E-state index in [-0.39, 0.29) is 11.6 Å². The highest BCUT2D eigenvalue weighted by Crippen LogP contribution is 2.34. The highest BCUT2D eigenvalue weighted by molar-refractivity contribution is 6.07. The molecule has 0 radical (unpaired) electrons. The number of halogens is 2. The van der Waals surface area contributed by atoms with Crippen molar-refractivity contribution in [2.45, 2.75) is 44.2 Å². The number of amides is 3. The Labute approximate surface area is 121 Å². The van der Waals surface area contributed by atoms with E-state index >= 15 is 0 Å². The highest BCUT2D eigenvalue weighted by atomic mass is 19.1. The second-order valence-corrected chi connectivity index (χ2v) is 5.83. The number of imide groups is 1. The molecule has 1 aliphatic heterocycles. The van der Waals surface area contributed by atoms with Gasteiger partial charge in [0.1, 0.15) is 17.2 Å². The summed E-state index contributed by atoms with van der Waals surface area (Å²) in [5, 5.41) is 2.58. The molecule has 3 amide bonds. The first-order chi connectivity index (χ1) is 9.91. The Kier molecular flexibility index (Phi) is 3.19. The summed E-state index contributed by atoms with van der Waals surface area (Å²) in [6.07, 6.45) is 3.53. The number of hydrogen-bond donors (Lipinski definition) is 1. The minimum Gasteiger partial charge on any atom is -0.319 e. The van der Waals surface area contributed by atoms with Gasteiger partial charge in [-0.2, -0.15) is 0 Å². The fourth-order valence-corrected chi connectivity index (χ4v) is 3.19. The molecular formula is C15H16F2N2O2. The molecule has 1 aliphatic carbocycles. The molecule has 1 aromatic rings. The van der Waals surface area contributed by atoms with Crippen LogP contribution in [-0.2, 0) is 10.3 Å². The number of nitrogens with one attached hydrogen (secondary N) is 1. The van der Waals surface area contributed by atoms with Gasteiger partial charge in [0, 0.05) is 12.1 Å². The van der Waals surface area contributed by atoms with Crippen molar-refractivity contribution in [2.24, 2.45) is 0 Å². The third kappa shape index (κ3) is 2.18. The number of carbonyl (C=O) groups is 2. The molecule has 6 heteroatoms. The predicted octanol–water partition coefficient (Wildman–Crippen LogP) is 2.67. The molecule has 0 aromatic heterocycles. The van der Waals surface area contributed by atoms with Crippen LogP contribution >= 0.6 is 0 Å². The first-order valence-electron chi connectivity index (χ1n) is 7.04. The lowest BCUT2D eigenvalue weighted by Crippen LogP contribution is -2.42. The van der Waals surface area contributed by atoms with E-state index in [1.807, 2.05) is 0 Å². The van der Waals surface area contributed by atoms with Gasteiger partial charge in [0.25, 0.3) is 5.91 Å². The van der Waals surface area contributed by atoms with E-state index in [0.29, 0.717) is 0 Å². The molecule has 2 aliphatic rings. The van der Waals surface area contributed by atoms with Crippen molar-refractivity contribution in [1.29, 1.82) is 0 Å². The zero-order valence-corrected chi connectivity index (χ0v) is 11.7. The van der Waals surface area contributed by atoms with E-state index in [9.17, 15) is 18.4 Å². The van der Waals surface area contributed by atoms with Gasteiger partial charge in [0.05, 0.1) is 0 Å². The maximum Gasteiger partial charge on any atom is 0.325 e. The fraction of sp³-hybridized carbons (Fsp3) is 0.467. The number of rotatable bonds is 2. The van der Waals surface area contributed by atoms with E-state index in [4.69, 9.17) is 0 Å². The van der Waals surface area contributed by atoms with Crippen LogP contribution in [0.4, 0.5) is 13.6 Å². The van der Waals surface area contributed by atoms with Crippen LogP contribution in [0.15, 0.2) is 18.2 Å². The molecule has 21 heavy (non-hydrogen) atoms. The average Bonchev–Trinajstić information content (AvgIpc) is 2.97. The minimum atomic E-state index is -1.41. The third-order valence-electron chi connectivity index (χ3n) is 4.35. The SMILES string of the molecule is CC1(c2cc(F)cc(F)c2)NC(=O)N(C2CCCC2)C1=O. The van der Waals surface area contributed by atoms with E-state index in [1.54, 1.807) is 0 Å². The fourth-order valence-electron chi connectivity index (χ4n) is 3.19. The maximum absolute atomic E-state index is 13.4. The van der Waals surface area contributed by atoms with Gasteiger partial charge in [-0.3, -0.25) is 9.69 Å². The molecule has 0 bridgehead atoms. The number of carbonyl (C=O) groups excluding carboxylic acids is 2. The molecule has 1 saturated heterocycles. The Bertz CT molecular complexity index is 593. The zero-order chi connectivity index (χ0) is 15.2. The Morgan fingerprint density at radius 3 is 2.29 bits per heavy atom. The molecule has 2 fully saturated rings. The molecule has 1 saturated carbocycles. The molecule has 1 aromatic carbocycles. The highest BCUT2D eigenvalue weighted by Gasteiger charge is 2.51. The second-order valence-electron chi connectivity index (χ2n) is 5.83. The molecule has 112 valence electrons. The van der Waals surface area contributed by atoms with Crippen LogP contribution in [0.1, 0.15) is 38.2 Å². The normalized spacial score (nSPS) is 26.5. The van der Waals surface area contributed by atoms with Crippen molar-refractivity contribution >= 4 is 11.9 Å². The summed E-state index contributed by atoms with van der Waals surface area (Å²) in [6, 6.07) is 2.30. The summed E-state index contributed by atoms with van der Waals surface area (Å²) in [4.78, 5) is 26.0. The largest absolute Gasteiger partial charge is 0.325 e. The van der Waals surface area contributed by atoms with Gasteiger partial charge < -0.3 is 5.32 Å². The third-order valence-corrected chi connectivity index (χ3v) is 4.35. The van der Waals surface area contributed by atoms with E-state index in [0.717, 1.165) is 43.9 Å². The Hall–Kier alpha value is -1.98. The summed E-state index contributed by atoms with van der Waals surface area (Å²) < 4.78 is 26.8. The van der Waals surface area contributed by atoms with Crippen molar-refractivity contribution in [3.63, 3.8) is 0 Å². The molecule has 0 spiro atoms. The summed E-state index contributed by atoms with van der Waals surface area (Å²) in [5.74, 6) is -1.98.